The van der Waals surface area contributed by atoms with Gasteiger partial charge in [0.2, 0.25) is 5.91 Å². The summed E-state index contributed by atoms with van der Waals surface area (Å²) in [5.74, 6) is 2.69. The Hall–Kier alpha value is -0.610. The Labute approximate surface area is 129 Å². The second kappa shape index (κ2) is 6.66. The lowest BCUT2D eigenvalue weighted by atomic mass is 9.95. The molecular weight excluding hydrogens is 262 g/mol. The lowest BCUT2D eigenvalue weighted by molar-refractivity contribution is -0.135. The minimum atomic E-state index is 0.220. The van der Waals surface area contributed by atoms with Crippen LogP contribution in [-0.4, -0.2) is 55.5 Å². The van der Waals surface area contributed by atoms with Crippen molar-refractivity contribution in [2.45, 2.75) is 38.5 Å². The molecule has 0 bridgehead atoms. The highest BCUT2D eigenvalue weighted by Crippen LogP contribution is 2.34. The molecule has 2 aliphatic carbocycles. The molecule has 4 heteroatoms. The SMILES string of the molecule is CN(CC1CC1)CC1CCN(C(=O)[C@@H]2CCC[C@@H]2CN)C1. The summed E-state index contributed by atoms with van der Waals surface area (Å²) >= 11 is 0. The summed E-state index contributed by atoms with van der Waals surface area (Å²) in [6.07, 6.45) is 7.40. The van der Waals surface area contributed by atoms with E-state index in [0.717, 1.165) is 38.4 Å². The van der Waals surface area contributed by atoms with E-state index >= 15 is 0 Å². The normalized spacial score (nSPS) is 33.1. The first-order chi connectivity index (χ1) is 10.2. The molecule has 1 unspecified atom stereocenters. The molecule has 1 saturated heterocycles. The lowest BCUT2D eigenvalue weighted by Crippen LogP contribution is -2.38. The lowest BCUT2D eigenvalue weighted by Gasteiger charge is -2.25. The zero-order chi connectivity index (χ0) is 14.8. The van der Waals surface area contributed by atoms with E-state index in [1.807, 2.05) is 0 Å². The molecular formula is C17H31N3O. The molecule has 4 nitrogen and oxygen atoms in total. The van der Waals surface area contributed by atoms with Crippen molar-refractivity contribution in [3.63, 3.8) is 0 Å². The number of nitrogens with zero attached hydrogens (tertiary/aromatic N) is 2. The number of nitrogens with two attached hydrogens (primary N) is 1. The molecule has 0 radical (unpaired) electrons. The van der Waals surface area contributed by atoms with E-state index in [4.69, 9.17) is 5.73 Å². The Morgan fingerprint density at radius 1 is 1.14 bits per heavy atom. The second-order valence-corrected chi connectivity index (χ2v) is 7.64. The molecule has 1 heterocycles. The van der Waals surface area contributed by atoms with Gasteiger partial charge in [-0.2, -0.15) is 0 Å². The molecule has 120 valence electrons. The van der Waals surface area contributed by atoms with E-state index in [-0.39, 0.29) is 5.92 Å². The van der Waals surface area contributed by atoms with Crippen LogP contribution >= 0.6 is 0 Å². The van der Waals surface area contributed by atoms with Crippen LogP contribution in [0.25, 0.3) is 0 Å². The predicted octanol–water partition coefficient (Wildman–Crippen LogP) is 1.55. The summed E-state index contributed by atoms with van der Waals surface area (Å²) in [5, 5.41) is 0. The maximum atomic E-state index is 12.7. The van der Waals surface area contributed by atoms with Crippen molar-refractivity contribution >= 4 is 5.91 Å². The first-order valence-electron chi connectivity index (χ1n) is 8.84. The van der Waals surface area contributed by atoms with Gasteiger partial charge in [-0.3, -0.25) is 4.79 Å². The van der Waals surface area contributed by atoms with Gasteiger partial charge in [-0.15, -0.1) is 0 Å². The van der Waals surface area contributed by atoms with Gasteiger partial charge >= 0.3 is 0 Å². The minimum Gasteiger partial charge on any atom is -0.342 e. The first-order valence-corrected chi connectivity index (χ1v) is 8.84. The van der Waals surface area contributed by atoms with Crippen molar-refractivity contribution in [2.24, 2.45) is 29.4 Å². The van der Waals surface area contributed by atoms with E-state index in [9.17, 15) is 4.79 Å². The van der Waals surface area contributed by atoms with Crippen LogP contribution in [-0.2, 0) is 4.79 Å². The van der Waals surface area contributed by atoms with Gasteiger partial charge in [-0.05, 0) is 63.5 Å². The Morgan fingerprint density at radius 3 is 2.62 bits per heavy atom. The zero-order valence-corrected chi connectivity index (χ0v) is 13.5. The standard InChI is InChI=1S/C17H31N3O/c1-19(10-13-5-6-13)11-14-7-8-20(12-14)17(21)16-4-2-3-15(16)9-18/h13-16H,2-12,18H2,1H3/t14?,15-,16-/m1/s1. The summed E-state index contributed by atoms with van der Waals surface area (Å²) in [7, 11) is 2.24. The third-order valence-electron chi connectivity index (χ3n) is 5.71. The topological polar surface area (TPSA) is 49.6 Å². The van der Waals surface area contributed by atoms with E-state index < -0.39 is 0 Å². The van der Waals surface area contributed by atoms with Crippen molar-refractivity contribution in [3.05, 3.63) is 0 Å². The third-order valence-corrected chi connectivity index (χ3v) is 5.71. The van der Waals surface area contributed by atoms with E-state index in [2.05, 4.69) is 16.8 Å². The number of amides is 1. The molecule has 3 fully saturated rings. The molecule has 1 aliphatic heterocycles. The highest BCUT2D eigenvalue weighted by molar-refractivity contribution is 5.79. The van der Waals surface area contributed by atoms with Crippen molar-refractivity contribution in [3.8, 4) is 0 Å². The molecule has 1 amide bonds. The predicted molar refractivity (Wildman–Crippen MR) is 84.8 cm³/mol. The first kappa shape index (κ1) is 15.3. The maximum absolute atomic E-state index is 12.7. The average molecular weight is 293 g/mol. The van der Waals surface area contributed by atoms with Crippen molar-refractivity contribution in [1.29, 1.82) is 0 Å². The largest absolute Gasteiger partial charge is 0.342 e. The van der Waals surface area contributed by atoms with Crippen molar-refractivity contribution < 1.29 is 4.79 Å². The molecule has 3 aliphatic rings. The van der Waals surface area contributed by atoms with Gasteiger partial charge in [-0.1, -0.05) is 6.42 Å². The van der Waals surface area contributed by atoms with Crippen LogP contribution < -0.4 is 5.73 Å². The Bertz CT molecular complexity index is 369. The third kappa shape index (κ3) is 3.78. The summed E-state index contributed by atoms with van der Waals surface area (Å²) < 4.78 is 0. The van der Waals surface area contributed by atoms with Crippen LogP contribution in [0.4, 0.5) is 0 Å². The fourth-order valence-corrected chi connectivity index (χ4v) is 4.32. The molecule has 21 heavy (non-hydrogen) atoms. The minimum absolute atomic E-state index is 0.220. The van der Waals surface area contributed by atoms with Gasteiger partial charge in [-0.25, -0.2) is 0 Å². The van der Waals surface area contributed by atoms with Gasteiger partial charge in [0, 0.05) is 32.1 Å². The highest BCUT2D eigenvalue weighted by Gasteiger charge is 2.37. The molecule has 0 aromatic heterocycles. The van der Waals surface area contributed by atoms with Crippen molar-refractivity contribution in [1.82, 2.24) is 9.80 Å². The van der Waals surface area contributed by atoms with Gasteiger partial charge < -0.3 is 15.5 Å². The monoisotopic (exact) mass is 293 g/mol. The summed E-state index contributed by atoms with van der Waals surface area (Å²) in [6.45, 7) is 5.03. The molecule has 0 aromatic rings. The Morgan fingerprint density at radius 2 is 1.90 bits per heavy atom. The molecule has 0 spiro atoms. The number of hydrogen-bond donors (Lipinski definition) is 1. The number of carbonyl (C=O) groups is 1. The average Bonchev–Trinajstić information content (AvgIpc) is 2.99. The smallest absolute Gasteiger partial charge is 0.226 e. The van der Waals surface area contributed by atoms with Gasteiger partial charge in [0.05, 0.1) is 0 Å². The fourth-order valence-electron chi connectivity index (χ4n) is 4.32. The molecule has 2 saturated carbocycles. The number of carbonyl (C=O) groups excluding carboxylic acids is 1. The Kier molecular flexibility index (Phi) is 4.85. The highest BCUT2D eigenvalue weighted by atomic mass is 16.2. The van der Waals surface area contributed by atoms with Gasteiger partial charge in [0.15, 0.2) is 0 Å². The van der Waals surface area contributed by atoms with Gasteiger partial charge in [0.1, 0.15) is 0 Å². The van der Waals surface area contributed by atoms with Crippen LogP contribution in [0.5, 0.6) is 0 Å². The van der Waals surface area contributed by atoms with E-state index in [1.54, 1.807) is 0 Å². The maximum Gasteiger partial charge on any atom is 0.226 e. The van der Waals surface area contributed by atoms with E-state index in [0.29, 0.717) is 24.3 Å². The number of rotatable bonds is 6. The van der Waals surface area contributed by atoms with Crippen LogP contribution in [0.3, 0.4) is 0 Å². The molecule has 3 atom stereocenters. The summed E-state index contributed by atoms with van der Waals surface area (Å²) in [4.78, 5) is 17.3. The quantitative estimate of drug-likeness (QED) is 0.808. The summed E-state index contributed by atoms with van der Waals surface area (Å²) in [6, 6.07) is 0. The molecule has 2 N–H and O–H groups in total. The summed E-state index contributed by atoms with van der Waals surface area (Å²) in [5.41, 5.74) is 5.83. The van der Waals surface area contributed by atoms with Crippen LogP contribution in [0.1, 0.15) is 38.5 Å². The number of hydrogen-bond acceptors (Lipinski definition) is 3. The van der Waals surface area contributed by atoms with Crippen LogP contribution in [0.15, 0.2) is 0 Å². The molecule has 3 rings (SSSR count). The zero-order valence-electron chi connectivity index (χ0n) is 13.5. The van der Waals surface area contributed by atoms with Gasteiger partial charge in [0.25, 0.3) is 0 Å². The van der Waals surface area contributed by atoms with E-state index in [1.165, 1.54) is 32.2 Å². The van der Waals surface area contributed by atoms with Crippen LogP contribution in [0, 0.1) is 23.7 Å². The Balaban J connectivity index is 1.45. The molecule has 0 aromatic carbocycles. The fraction of sp³-hybridized carbons (Fsp3) is 0.941. The van der Waals surface area contributed by atoms with Crippen LogP contribution in [0.2, 0.25) is 0 Å². The second-order valence-electron chi connectivity index (χ2n) is 7.64. The van der Waals surface area contributed by atoms with Crippen molar-refractivity contribution in [2.75, 3.05) is 39.8 Å². The number of likely N-dealkylation sites (tertiary alicyclic amines) is 1.